The Balaban J connectivity index is 1.75. The molecule has 5 nitrogen and oxygen atoms in total. The maximum Gasteiger partial charge on any atom is 0.242 e. The van der Waals surface area contributed by atoms with Gasteiger partial charge < -0.3 is 14.7 Å². The van der Waals surface area contributed by atoms with Crippen molar-refractivity contribution < 1.29 is 4.79 Å². The normalized spacial score (nSPS) is 23.0. The molecule has 0 radical (unpaired) electrons. The number of hydrogen-bond acceptors (Lipinski definition) is 4. The third-order valence-electron chi connectivity index (χ3n) is 5.24. The van der Waals surface area contributed by atoms with Gasteiger partial charge in [0.1, 0.15) is 5.41 Å². The summed E-state index contributed by atoms with van der Waals surface area (Å²) in [4.78, 5) is 19.3. The molecule has 124 valence electrons. The van der Waals surface area contributed by atoms with Gasteiger partial charge in [-0.1, -0.05) is 19.3 Å². The van der Waals surface area contributed by atoms with Gasteiger partial charge in [0.05, 0.1) is 6.07 Å². The van der Waals surface area contributed by atoms with Crippen molar-refractivity contribution in [3.8, 4) is 6.07 Å². The number of piperazine rings is 1. The number of carbonyl (C=O) groups excluding carboxylic acids is 1. The molecule has 2 aliphatic rings. The van der Waals surface area contributed by atoms with Gasteiger partial charge in [0, 0.05) is 39.8 Å². The Bertz CT molecular complexity index is 403. The van der Waals surface area contributed by atoms with Crippen LogP contribution in [0.15, 0.2) is 0 Å². The maximum absolute atomic E-state index is 12.7. The Labute approximate surface area is 134 Å². The number of hydrogen-bond donors (Lipinski definition) is 0. The van der Waals surface area contributed by atoms with Crippen molar-refractivity contribution in [1.82, 2.24) is 14.7 Å². The van der Waals surface area contributed by atoms with E-state index in [4.69, 9.17) is 0 Å². The van der Waals surface area contributed by atoms with Crippen molar-refractivity contribution in [3.05, 3.63) is 0 Å². The third kappa shape index (κ3) is 4.21. The van der Waals surface area contributed by atoms with Crippen LogP contribution in [0, 0.1) is 16.7 Å². The van der Waals surface area contributed by atoms with Crippen LogP contribution in [0.25, 0.3) is 0 Å². The van der Waals surface area contributed by atoms with Crippen molar-refractivity contribution in [3.63, 3.8) is 0 Å². The van der Waals surface area contributed by atoms with Gasteiger partial charge in [-0.3, -0.25) is 4.79 Å². The summed E-state index contributed by atoms with van der Waals surface area (Å²) < 4.78 is 0. The molecule has 1 heterocycles. The molecule has 2 fully saturated rings. The summed E-state index contributed by atoms with van der Waals surface area (Å²) in [5, 5.41) is 9.50. The zero-order valence-electron chi connectivity index (χ0n) is 14.2. The largest absolute Gasteiger partial charge is 0.344 e. The summed E-state index contributed by atoms with van der Waals surface area (Å²) in [6.07, 6.45) is 5.65. The van der Waals surface area contributed by atoms with Gasteiger partial charge in [0.25, 0.3) is 0 Å². The smallest absolute Gasteiger partial charge is 0.242 e. The average Bonchev–Trinajstić information content (AvgIpc) is 2.56. The number of nitrogens with zero attached hydrogens (tertiary/aromatic N) is 4. The predicted molar refractivity (Wildman–Crippen MR) is 87.3 cm³/mol. The fraction of sp³-hybridized carbons (Fsp3) is 0.882. The molecule has 0 spiro atoms. The minimum absolute atomic E-state index is 0.0491. The maximum atomic E-state index is 12.7. The van der Waals surface area contributed by atoms with Gasteiger partial charge >= 0.3 is 0 Å². The first-order valence-corrected chi connectivity index (χ1v) is 8.65. The fourth-order valence-corrected chi connectivity index (χ4v) is 3.60. The topological polar surface area (TPSA) is 50.6 Å². The van der Waals surface area contributed by atoms with Gasteiger partial charge in [-0.2, -0.15) is 5.26 Å². The molecule has 22 heavy (non-hydrogen) atoms. The predicted octanol–water partition coefficient (Wildman–Crippen LogP) is 1.56. The Morgan fingerprint density at radius 1 is 1.18 bits per heavy atom. The molecule has 2 rings (SSSR count). The lowest BCUT2D eigenvalue weighted by atomic mass is 9.74. The van der Waals surface area contributed by atoms with Crippen LogP contribution in [-0.2, 0) is 4.79 Å². The number of amides is 1. The zero-order chi connectivity index (χ0) is 16.0. The molecule has 1 saturated carbocycles. The molecule has 0 bridgehead atoms. The first-order chi connectivity index (χ1) is 10.6. The molecule has 0 unspecified atom stereocenters. The zero-order valence-corrected chi connectivity index (χ0v) is 14.2. The second kappa shape index (κ2) is 7.94. The molecule has 0 aromatic carbocycles. The van der Waals surface area contributed by atoms with E-state index in [0.29, 0.717) is 0 Å². The Morgan fingerprint density at radius 3 is 2.41 bits per heavy atom. The van der Waals surface area contributed by atoms with Crippen LogP contribution >= 0.6 is 0 Å². The fourth-order valence-electron chi connectivity index (χ4n) is 3.60. The highest BCUT2D eigenvalue weighted by Gasteiger charge is 2.41. The molecule has 1 aliphatic heterocycles. The summed E-state index contributed by atoms with van der Waals surface area (Å²) in [5.41, 5.74) is -0.735. The average molecular weight is 306 g/mol. The highest BCUT2D eigenvalue weighted by atomic mass is 16.2. The lowest BCUT2D eigenvalue weighted by Gasteiger charge is -2.34. The second-order valence-electron chi connectivity index (χ2n) is 6.98. The standard InChI is InChI=1S/C17H30N4O/c1-19-11-13-21(14-12-19)10-6-9-20(2)16(22)17(15-18)7-4-3-5-8-17/h3-14H2,1-2H3. The van der Waals surface area contributed by atoms with Crippen molar-refractivity contribution in [2.45, 2.75) is 38.5 Å². The van der Waals surface area contributed by atoms with Crippen molar-refractivity contribution >= 4 is 5.91 Å². The Morgan fingerprint density at radius 2 is 1.82 bits per heavy atom. The quantitative estimate of drug-likeness (QED) is 0.773. The molecular formula is C17H30N4O. The van der Waals surface area contributed by atoms with Crippen molar-refractivity contribution in [2.75, 3.05) is 53.4 Å². The summed E-state index contributed by atoms with van der Waals surface area (Å²) >= 11 is 0. The van der Waals surface area contributed by atoms with Gasteiger partial charge in [0.15, 0.2) is 0 Å². The number of likely N-dealkylation sites (N-methyl/N-ethyl adjacent to an activating group) is 1. The first kappa shape index (κ1) is 17.2. The summed E-state index contributed by atoms with van der Waals surface area (Å²) in [6, 6.07) is 2.34. The first-order valence-electron chi connectivity index (χ1n) is 8.65. The van der Waals surface area contributed by atoms with E-state index in [2.05, 4.69) is 22.9 Å². The van der Waals surface area contributed by atoms with Gasteiger partial charge in [-0.25, -0.2) is 0 Å². The van der Waals surface area contributed by atoms with E-state index in [9.17, 15) is 10.1 Å². The summed E-state index contributed by atoms with van der Waals surface area (Å²) in [5.74, 6) is 0.0491. The second-order valence-corrected chi connectivity index (χ2v) is 6.98. The van der Waals surface area contributed by atoms with Gasteiger partial charge in [-0.05, 0) is 32.9 Å². The van der Waals surface area contributed by atoms with E-state index in [1.165, 1.54) is 0 Å². The van der Waals surface area contributed by atoms with E-state index in [0.717, 1.165) is 77.8 Å². The van der Waals surface area contributed by atoms with E-state index >= 15 is 0 Å². The SMILES string of the molecule is CN1CCN(CCCN(C)C(=O)C2(C#N)CCCCC2)CC1. The Kier molecular flexibility index (Phi) is 6.22. The monoisotopic (exact) mass is 306 g/mol. The molecule has 5 heteroatoms. The van der Waals surface area contributed by atoms with E-state index in [1.807, 2.05) is 7.05 Å². The van der Waals surface area contributed by atoms with Crippen LogP contribution in [0.3, 0.4) is 0 Å². The van der Waals surface area contributed by atoms with E-state index < -0.39 is 5.41 Å². The molecule has 0 aromatic heterocycles. The molecular weight excluding hydrogens is 276 g/mol. The molecule has 1 amide bonds. The van der Waals surface area contributed by atoms with E-state index in [1.54, 1.807) is 4.90 Å². The summed E-state index contributed by atoms with van der Waals surface area (Å²) in [6.45, 7) is 6.31. The van der Waals surface area contributed by atoms with Crippen LogP contribution in [0.1, 0.15) is 38.5 Å². The van der Waals surface area contributed by atoms with Crippen molar-refractivity contribution in [2.24, 2.45) is 5.41 Å². The molecule has 0 aromatic rings. The Hall–Kier alpha value is -1.12. The van der Waals surface area contributed by atoms with Crippen LogP contribution in [0.5, 0.6) is 0 Å². The number of rotatable bonds is 5. The van der Waals surface area contributed by atoms with Crippen molar-refractivity contribution in [1.29, 1.82) is 5.26 Å². The minimum Gasteiger partial charge on any atom is -0.344 e. The molecule has 0 N–H and O–H groups in total. The number of nitriles is 1. The highest BCUT2D eigenvalue weighted by Crippen LogP contribution is 2.37. The van der Waals surface area contributed by atoms with Gasteiger partial charge in [-0.15, -0.1) is 0 Å². The molecule has 0 atom stereocenters. The van der Waals surface area contributed by atoms with Crippen LogP contribution in [0.4, 0.5) is 0 Å². The van der Waals surface area contributed by atoms with E-state index in [-0.39, 0.29) is 5.91 Å². The van der Waals surface area contributed by atoms with Crippen LogP contribution < -0.4 is 0 Å². The summed E-state index contributed by atoms with van der Waals surface area (Å²) in [7, 11) is 4.02. The highest BCUT2D eigenvalue weighted by molar-refractivity contribution is 5.85. The third-order valence-corrected chi connectivity index (χ3v) is 5.24. The van der Waals surface area contributed by atoms with Gasteiger partial charge in [0.2, 0.25) is 5.91 Å². The van der Waals surface area contributed by atoms with Crippen LogP contribution in [-0.4, -0.2) is 74.0 Å². The van der Waals surface area contributed by atoms with Crippen LogP contribution in [0.2, 0.25) is 0 Å². The lowest BCUT2D eigenvalue weighted by Crippen LogP contribution is -2.46. The molecule has 1 aliphatic carbocycles. The lowest BCUT2D eigenvalue weighted by molar-refractivity contribution is -0.139. The molecule has 1 saturated heterocycles. The minimum atomic E-state index is -0.735. The number of carbonyl (C=O) groups is 1.